The first-order valence-electron chi connectivity index (χ1n) is 5.71. The highest BCUT2D eigenvalue weighted by Crippen LogP contribution is 2.28. The Bertz CT molecular complexity index is 493. The van der Waals surface area contributed by atoms with Gasteiger partial charge in [0.25, 0.3) is 0 Å². The molecule has 17 heavy (non-hydrogen) atoms. The number of hydrazine groups is 1. The van der Waals surface area contributed by atoms with Gasteiger partial charge in [0.15, 0.2) is 0 Å². The van der Waals surface area contributed by atoms with Crippen LogP contribution >= 0.6 is 11.3 Å². The number of aromatic nitrogens is 1. The Balaban J connectivity index is 2.46. The lowest BCUT2D eigenvalue weighted by atomic mass is 9.99. The van der Waals surface area contributed by atoms with Gasteiger partial charge in [0.1, 0.15) is 0 Å². The Hall–Kier alpha value is -1.23. The first kappa shape index (κ1) is 12.2. The Morgan fingerprint density at radius 3 is 2.88 bits per heavy atom. The molecule has 2 aromatic rings. The van der Waals surface area contributed by atoms with E-state index >= 15 is 0 Å². The first-order chi connectivity index (χ1) is 8.27. The van der Waals surface area contributed by atoms with Gasteiger partial charge >= 0.3 is 0 Å². The van der Waals surface area contributed by atoms with Gasteiger partial charge in [-0.15, -0.1) is 11.3 Å². The third-order valence-electron chi connectivity index (χ3n) is 2.96. The molecule has 3 N–H and O–H groups in total. The first-order valence-corrected chi connectivity index (χ1v) is 6.59. The summed E-state index contributed by atoms with van der Waals surface area (Å²) in [5.41, 5.74) is 6.36. The number of pyridine rings is 1. The molecule has 90 valence electrons. The Labute approximate surface area is 106 Å². The van der Waals surface area contributed by atoms with E-state index in [0.717, 1.165) is 12.1 Å². The zero-order valence-corrected chi connectivity index (χ0v) is 10.9. The van der Waals surface area contributed by atoms with Crippen LogP contribution in [0.2, 0.25) is 0 Å². The molecule has 0 aliphatic rings. The molecular formula is C13H17N3S. The van der Waals surface area contributed by atoms with E-state index in [9.17, 15) is 0 Å². The molecular weight excluding hydrogens is 230 g/mol. The molecule has 0 saturated carbocycles. The van der Waals surface area contributed by atoms with Gasteiger partial charge in [0.2, 0.25) is 0 Å². The smallest absolute Gasteiger partial charge is 0.0894 e. The summed E-state index contributed by atoms with van der Waals surface area (Å²) in [6.07, 6.45) is 2.78. The summed E-state index contributed by atoms with van der Waals surface area (Å²) < 4.78 is 0. The molecule has 0 aromatic carbocycles. The topological polar surface area (TPSA) is 50.9 Å². The molecule has 0 aliphatic carbocycles. The summed E-state index contributed by atoms with van der Waals surface area (Å²) in [6.45, 7) is 4.24. The van der Waals surface area contributed by atoms with Crippen LogP contribution in [0.3, 0.4) is 0 Å². The third-order valence-corrected chi connectivity index (χ3v) is 3.82. The molecule has 2 rings (SSSR count). The second kappa shape index (κ2) is 5.40. The predicted octanol–water partition coefficient (Wildman–Crippen LogP) is 2.57. The molecule has 2 aromatic heterocycles. The lowest BCUT2D eigenvalue weighted by Crippen LogP contribution is -2.30. The number of nitrogens with one attached hydrogen (secondary N) is 1. The zero-order chi connectivity index (χ0) is 12.3. The van der Waals surface area contributed by atoms with E-state index in [1.54, 1.807) is 11.3 Å². The van der Waals surface area contributed by atoms with Gasteiger partial charge < -0.3 is 0 Å². The van der Waals surface area contributed by atoms with E-state index in [-0.39, 0.29) is 6.04 Å². The van der Waals surface area contributed by atoms with E-state index < -0.39 is 0 Å². The van der Waals surface area contributed by atoms with Gasteiger partial charge in [0, 0.05) is 11.1 Å². The molecule has 2 heterocycles. The molecule has 4 heteroatoms. The molecule has 1 atom stereocenters. The number of aryl methyl sites for hydroxylation is 2. The number of nitrogens with two attached hydrogens (primary N) is 1. The normalized spacial score (nSPS) is 12.6. The van der Waals surface area contributed by atoms with E-state index in [0.29, 0.717) is 0 Å². The highest BCUT2D eigenvalue weighted by molar-refractivity contribution is 7.10. The molecule has 0 radical (unpaired) electrons. The molecule has 3 nitrogen and oxygen atoms in total. The van der Waals surface area contributed by atoms with Crippen LogP contribution in [0.15, 0.2) is 29.8 Å². The van der Waals surface area contributed by atoms with Crippen molar-refractivity contribution in [3.63, 3.8) is 0 Å². The summed E-state index contributed by atoms with van der Waals surface area (Å²) in [5.74, 6) is 5.70. The van der Waals surface area contributed by atoms with Crippen LogP contribution in [0.1, 0.15) is 34.7 Å². The summed E-state index contributed by atoms with van der Waals surface area (Å²) in [6, 6.07) is 6.17. The number of hydrogen-bond acceptors (Lipinski definition) is 4. The summed E-state index contributed by atoms with van der Waals surface area (Å²) in [7, 11) is 0. The monoisotopic (exact) mass is 247 g/mol. The van der Waals surface area contributed by atoms with E-state index in [4.69, 9.17) is 5.84 Å². The minimum Gasteiger partial charge on any atom is -0.271 e. The molecule has 0 bridgehead atoms. The van der Waals surface area contributed by atoms with Gasteiger partial charge in [-0.05, 0) is 42.0 Å². The second-order valence-corrected chi connectivity index (χ2v) is 5.05. The largest absolute Gasteiger partial charge is 0.271 e. The van der Waals surface area contributed by atoms with E-state index in [1.165, 1.54) is 16.0 Å². The highest BCUT2D eigenvalue weighted by Gasteiger charge is 2.19. The third kappa shape index (κ3) is 2.39. The van der Waals surface area contributed by atoms with Crippen LogP contribution in [0.4, 0.5) is 0 Å². The van der Waals surface area contributed by atoms with Gasteiger partial charge in [0.05, 0.1) is 11.7 Å². The number of hydrogen-bond donors (Lipinski definition) is 2. The summed E-state index contributed by atoms with van der Waals surface area (Å²) in [4.78, 5) is 5.76. The average Bonchev–Trinajstić information content (AvgIpc) is 2.78. The van der Waals surface area contributed by atoms with Crippen molar-refractivity contribution in [3.8, 4) is 0 Å². The predicted molar refractivity (Wildman–Crippen MR) is 71.8 cm³/mol. The number of nitrogens with zero attached hydrogens (tertiary/aromatic N) is 1. The zero-order valence-electron chi connectivity index (χ0n) is 10.1. The maximum atomic E-state index is 5.70. The summed E-state index contributed by atoms with van der Waals surface area (Å²) in [5, 5.41) is 2.09. The van der Waals surface area contributed by atoms with Gasteiger partial charge in [-0.1, -0.05) is 13.0 Å². The Morgan fingerprint density at radius 1 is 1.47 bits per heavy atom. The maximum absolute atomic E-state index is 5.70. The van der Waals surface area contributed by atoms with Crippen LogP contribution in [0, 0.1) is 6.92 Å². The van der Waals surface area contributed by atoms with Crippen molar-refractivity contribution in [1.82, 2.24) is 10.4 Å². The maximum Gasteiger partial charge on any atom is 0.0894 e. The Kier molecular flexibility index (Phi) is 3.89. The van der Waals surface area contributed by atoms with Crippen molar-refractivity contribution < 1.29 is 0 Å². The lowest BCUT2D eigenvalue weighted by Gasteiger charge is -2.18. The minimum absolute atomic E-state index is 0.0163. The number of thiophene rings is 1. The molecule has 0 aliphatic heterocycles. The molecule has 1 unspecified atom stereocenters. The standard InChI is InChI=1S/C13H17N3S/c1-3-10-5-4-7-15-12(10)13(16-14)11-6-8-17-9(11)2/h4-8,13,16H,3,14H2,1-2H3. The fourth-order valence-corrected chi connectivity index (χ4v) is 2.76. The molecule has 0 saturated heterocycles. The van der Waals surface area contributed by atoms with E-state index in [1.807, 2.05) is 12.3 Å². The molecule has 0 fully saturated rings. The van der Waals surface area contributed by atoms with Gasteiger partial charge in [-0.2, -0.15) is 0 Å². The van der Waals surface area contributed by atoms with Crippen molar-refractivity contribution in [3.05, 3.63) is 51.5 Å². The summed E-state index contributed by atoms with van der Waals surface area (Å²) >= 11 is 1.73. The van der Waals surface area contributed by atoms with Crippen molar-refractivity contribution in [2.24, 2.45) is 5.84 Å². The van der Waals surface area contributed by atoms with Crippen LogP contribution in [-0.4, -0.2) is 4.98 Å². The Morgan fingerprint density at radius 2 is 2.29 bits per heavy atom. The number of rotatable bonds is 4. The van der Waals surface area contributed by atoms with Crippen molar-refractivity contribution in [2.75, 3.05) is 0 Å². The second-order valence-electron chi connectivity index (χ2n) is 3.93. The minimum atomic E-state index is -0.0163. The highest BCUT2D eigenvalue weighted by atomic mass is 32.1. The quantitative estimate of drug-likeness (QED) is 0.645. The van der Waals surface area contributed by atoms with Crippen molar-refractivity contribution in [1.29, 1.82) is 0 Å². The fraction of sp³-hybridized carbons (Fsp3) is 0.308. The van der Waals surface area contributed by atoms with Crippen LogP contribution < -0.4 is 11.3 Å². The fourth-order valence-electron chi connectivity index (χ4n) is 2.02. The van der Waals surface area contributed by atoms with Crippen molar-refractivity contribution in [2.45, 2.75) is 26.3 Å². The van der Waals surface area contributed by atoms with Gasteiger partial charge in [-0.25, -0.2) is 5.43 Å². The molecule has 0 amide bonds. The van der Waals surface area contributed by atoms with E-state index in [2.05, 4.69) is 41.8 Å². The van der Waals surface area contributed by atoms with Crippen LogP contribution in [0.5, 0.6) is 0 Å². The SMILES string of the molecule is CCc1cccnc1C(NN)c1ccsc1C. The van der Waals surface area contributed by atoms with Gasteiger partial charge in [-0.3, -0.25) is 10.8 Å². The van der Waals surface area contributed by atoms with Crippen LogP contribution in [-0.2, 0) is 6.42 Å². The van der Waals surface area contributed by atoms with Crippen molar-refractivity contribution >= 4 is 11.3 Å². The average molecular weight is 247 g/mol. The molecule has 0 spiro atoms. The van der Waals surface area contributed by atoms with Crippen LogP contribution in [0.25, 0.3) is 0 Å². The lowest BCUT2D eigenvalue weighted by molar-refractivity contribution is 0.613.